The third-order valence-corrected chi connectivity index (χ3v) is 6.29. The van der Waals surface area contributed by atoms with Crippen LogP contribution in [-0.4, -0.2) is 47.3 Å². The van der Waals surface area contributed by atoms with Gasteiger partial charge >= 0.3 is 5.97 Å². The maximum Gasteiger partial charge on any atom is 0.343 e. The average molecular weight is 512 g/mol. The standard InChI is InChI=1S/C25H25N3O7S/c1-17-4-11-21(12-5-17)36(31,32)27-16-24(29)28-26-15-18-6-13-22(23(14-18)34-3)35-25(30)19-7-9-20(33-2)10-8-19/h4-15,27H,16H2,1-3H3,(H,28,29)/b26-15+. The lowest BCUT2D eigenvalue weighted by Gasteiger charge is -2.10. The lowest BCUT2D eigenvalue weighted by Crippen LogP contribution is -2.34. The maximum absolute atomic E-state index is 12.4. The van der Waals surface area contributed by atoms with Crippen LogP contribution in [0.5, 0.6) is 17.2 Å². The summed E-state index contributed by atoms with van der Waals surface area (Å²) in [6.07, 6.45) is 1.34. The van der Waals surface area contributed by atoms with Gasteiger partial charge in [0.2, 0.25) is 10.0 Å². The summed E-state index contributed by atoms with van der Waals surface area (Å²) in [5.41, 5.74) is 4.04. The summed E-state index contributed by atoms with van der Waals surface area (Å²) in [4.78, 5) is 24.5. The highest BCUT2D eigenvalue weighted by Gasteiger charge is 2.15. The Bertz CT molecular complexity index is 1350. The lowest BCUT2D eigenvalue weighted by molar-refractivity contribution is -0.119. The Kier molecular flexibility index (Phi) is 8.76. The number of esters is 1. The van der Waals surface area contributed by atoms with E-state index in [-0.39, 0.29) is 16.4 Å². The van der Waals surface area contributed by atoms with Crippen LogP contribution in [0.1, 0.15) is 21.5 Å². The number of ether oxygens (including phenoxy) is 3. The van der Waals surface area contributed by atoms with Gasteiger partial charge in [-0.25, -0.2) is 23.4 Å². The maximum atomic E-state index is 12.4. The first kappa shape index (κ1) is 26.4. The summed E-state index contributed by atoms with van der Waals surface area (Å²) in [7, 11) is -0.874. The monoisotopic (exact) mass is 511 g/mol. The molecule has 10 nitrogen and oxygen atoms in total. The first-order valence-corrected chi connectivity index (χ1v) is 12.1. The van der Waals surface area contributed by atoms with Gasteiger partial charge < -0.3 is 14.2 Å². The molecule has 0 fully saturated rings. The van der Waals surface area contributed by atoms with Gasteiger partial charge in [-0.3, -0.25) is 4.79 Å². The second-order valence-electron chi connectivity index (χ2n) is 7.46. The molecule has 0 aliphatic carbocycles. The molecule has 0 atom stereocenters. The molecule has 0 unspecified atom stereocenters. The van der Waals surface area contributed by atoms with Gasteiger partial charge in [0.15, 0.2) is 11.5 Å². The van der Waals surface area contributed by atoms with Crippen molar-refractivity contribution in [3.8, 4) is 17.2 Å². The zero-order valence-corrected chi connectivity index (χ0v) is 20.7. The van der Waals surface area contributed by atoms with Crippen LogP contribution < -0.4 is 24.4 Å². The van der Waals surface area contributed by atoms with E-state index in [1.165, 1.54) is 38.6 Å². The highest BCUT2D eigenvalue weighted by molar-refractivity contribution is 7.89. The number of methoxy groups -OCH3 is 2. The van der Waals surface area contributed by atoms with Crippen LogP contribution >= 0.6 is 0 Å². The molecule has 0 aliphatic rings. The predicted octanol–water partition coefficient (Wildman–Crippen LogP) is 2.66. The highest BCUT2D eigenvalue weighted by atomic mass is 32.2. The number of aryl methyl sites for hydroxylation is 1. The van der Waals surface area contributed by atoms with E-state index in [2.05, 4.69) is 15.2 Å². The van der Waals surface area contributed by atoms with Crippen LogP contribution in [0.3, 0.4) is 0 Å². The molecule has 0 saturated carbocycles. The van der Waals surface area contributed by atoms with Crippen LogP contribution in [0.4, 0.5) is 0 Å². The minimum atomic E-state index is -3.82. The molecule has 188 valence electrons. The van der Waals surface area contributed by atoms with Crippen molar-refractivity contribution in [1.29, 1.82) is 0 Å². The van der Waals surface area contributed by atoms with Crippen LogP contribution in [-0.2, 0) is 14.8 Å². The number of hydrogen-bond acceptors (Lipinski definition) is 8. The van der Waals surface area contributed by atoms with E-state index in [1.807, 2.05) is 6.92 Å². The van der Waals surface area contributed by atoms with E-state index >= 15 is 0 Å². The number of sulfonamides is 1. The fourth-order valence-corrected chi connectivity index (χ4v) is 3.90. The van der Waals surface area contributed by atoms with E-state index in [1.54, 1.807) is 48.5 Å². The summed E-state index contributed by atoms with van der Waals surface area (Å²) in [6.45, 7) is 1.35. The molecule has 0 radical (unpaired) electrons. The Labute approximate surface area is 208 Å². The number of nitrogens with zero attached hydrogens (tertiary/aromatic N) is 1. The third kappa shape index (κ3) is 7.14. The Hall–Kier alpha value is -4.22. The zero-order valence-electron chi connectivity index (χ0n) is 19.8. The topological polar surface area (TPSA) is 132 Å². The largest absolute Gasteiger partial charge is 0.497 e. The molecular formula is C25H25N3O7S. The van der Waals surface area contributed by atoms with Gasteiger partial charge in [0.1, 0.15) is 5.75 Å². The fourth-order valence-electron chi connectivity index (χ4n) is 2.91. The smallest absolute Gasteiger partial charge is 0.343 e. The molecule has 2 N–H and O–H groups in total. The molecular weight excluding hydrogens is 486 g/mol. The highest BCUT2D eigenvalue weighted by Crippen LogP contribution is 2.28. The minimum Gasteiger partial charge on any atom is -0.497 e. The van der Waals surface area contributed by atoms with Gasteiger partial charge in [0.25, 0.3) is 5.91 Å². The molecule has 0 heterocycles. The van der Waals surface area contributed by atoms with Crippen LogP contribution in [0.2, 0.25) is 0 Å². The van der Waals surface area contributed by atoms with Crippen molar-refractivity contribution < 1.29 is 32.2 Å². The number of carbonyl (C=O) groups is 2. The van der Waals surface area contributed by atoms with E-state index in [4.69, 9.17) is 14.2 Å². The van der Waals surface area contributed by atoms with Crippen molar-refractivity contribution in [2.24, 2.45) is 5.10 Å². The number of rotatable bonds is 10. The normalized spacial score (nSPS) is 11.2. The second kappa shape index (κ2) is 12.0. The molecule has 1 amide bonds. The molecule has 11 heteroatoms. The van der Waals surface area contributed by atoms with Crippen molar-refractivity contribution in [2.45, 2.75) is 11.8 Å². The van der Waals surface area contributed by atoms with Crippen molar-refractivity contribution in [3.63, 3.8) is 0 Å². The summed E-state index contributed by atoms with van der Waals surface area (Å²) in [5.74, 6) is -0.136. The number of hydrazone groups is 1. The SMILES string of the molecule is COc1ccc(C(=O)Oc2ccc(/C=N/NC(=O)CNS(=O)(=O)c3ccc(C)cc3)cc2OC)cc1. The second-order valence-corrected chi connectivity index (χ2v) is 9.23. The Morgan fingerprint density at radius 1 is 0.917 bits per heavy atom. The Morgan fingerprint density at radius 2 is 1.61 bits per heavy atom. The molecule has 3 aromatic carbocycles. The van der Waals surface area contributed by atoms with Crippen molar-refractivity contribution in [2.75, 3.05) is 20.8 Å². The predicted molar refractivity (Wildman–Crippen MR) is 133 cm³/mol. The minimum absolute atomic E-state index is 0.0595. The number of carbonyl (C=O) groups excluding carboxylic acids is 2. The Balaban J connectivity index is 1.56. The van der Waals surface area contributed by atoms with E-state index in [0.717, 1.165) is 5.56 Å². The summed E-state index contributed by atoms with van der Waals surface area (Å²) < 4.78 is 42.5. The molecule has 0 aromatic heterocycles. The first-order valence-electron chi connectivity index (χ1n) is 10.6. The van der Waals surface area contributed by atoms with Gasteiger partial charge in [0.05, 0.1) is 37.4 Å². The van der Waals surface area contributed by atoms with Gasteiger partial charge in [-0.05, 0) is 67.1 Å². The first-order chi connectivity index (χ1) is 17.2. The number of hydrogen-bond donors (Lipinski definition) is 2. The van der Waals surface area contributed by atoms with Gasteiger partial charge in [0, 0.05) is 0 Å². The molecule has 36 heavy (non-hydrogen) atoms. The summed E-state index contributed by atoms with van der Waals surface area (Å²) >= 11 is 0. The van der Waals surface area contributed by atoms with Crippen LogP contribution in [0.25, 0.3) is 0 Å². The van der Waals surface area contributed by atoms with E-state index < -0.39 is 28.4 Å². The molecule has 0 spiro atoms. The summed E-state index contributed by atoms with van der Waals surface area (Å²) in [5, 5.41) is 3.82. The average Bonchev–Trinajstić information content (AvgIpc) is 2.88. The summed E-state index contributed by atoms with van der Waals surface area (Å²) in [6, 6.07) is 17.4. The number of nitrogens with one attached hydrogen (secondary N) is 2. The van der Waals surface area contributed by atoms with E-state index in [0.29, 0.717) is 16.9 Å². The molecule has 3 aromatic rings. The fraction of sp³-hybridized carbons (Fsp3) is 0.160. The third-order valence-electron chi connectivity index (χ3n) is 4.87. The number of amides is 1. The zero-order chi connectivity index (χ0) is 26.1. The Morgan fingerprint density at radius 3 is 2.25 bits per heavy atom. The molecule has 0 bridgehead atoms. The van der Waals surface area contributed by atoms with E-state index in [9.17, 15) is 18.0 Å². The van der Waals surface area contributed by atoms with Gasteiger partial charge in [-0.15, -0.1) is 0 Å². The molecule has 0 aliphatic heterocycles. The lowest BCUT2D eigenvalue weighted by atomic mass is 10.2. The van der Waals surface area contributed by atoms with Gasteiger partial charge in [-0.2, -0.15) is 5.10 Å². The van der Waals surface area contributed by atoms with Crippen molar-refractivity contribution in [3.05, 3.63) is 83.4 Å². The number of benzene rings is 3. The molecule has 3 rings (SSSR count). The molecule has 0 saturated heterocycles. The van der Waals surface area contributed by atoms with Crippen LogP contribution in [0, 0.1) is 6.92 Å². The van der Waals surface area contributed by atoms with Crippen molar-refractivity contribution >= 4 is 28.1 Å². The van der Waals surface area contributed by atoms with Crippen molar-refractivity contribution in [1.82, 2.24) is 10.1 Å². The van der Waals surface area contributed by atoms with Crippen LogP contribution in [0.15, 0.2) is 76.7 Å². The van der Waals surface area contributed by atoms with Gasteiger partial charge in [-0.1, -0.05) is 17.7 Å². The quantitative estimate of drug-likeness (QED) is 0.185.